The van der Waals surface area contributed by atoms with Crippen molar-refractivity contribution in [3.8, 4) is 0 Å². The minimum absolute atomic E-state index is 0.247. The van der Waals surface area contributed by atoms with Crippen LogP contribution in [0.4, 0.5) is 0 Å². The zero-order valence-electron chi connectivity index (χ0n) is 13.1. The fraction of sp³-hybridized carbons (Fsp3) is 1.00. The van der Waals surface area contributed by atoms with Crippen molar-refractivity contribution in [3.05, 3.63) is 0 Å². The van der Waals surface area contributed by atoms with Gasteiger partial charge in [-0.1, -0.05) is 12.8 Å². The monoisotopic (exact) mass is 289 g/mol. The Balaban J connectivity index is 1.78. The lowest BCUT2D eigenvalue weighted by Gasteiger charge is -2.17. The number of rotatable bonds is 13. The fourth-order valence-corrected chi connectivity index (χ4v) is 2.29. The molecule has 1 rings (SSSR count). The van der Waals surface area contributed by atoms with Crippen molar-refractivity contribution in [3.63, 3.8) is 0 Å². The van der Waals surface area contributed by atoms with Crippen molar-refractivity contribution in [2.45, 2.75) is 44.8 Å². The molecule has 0 amide bonds. The average molecular weight is 289 g/mol. The summed E-state index contributed by atoms with van der Waals surface area (Å²) in [6.45, 7) is 6.80. The van der Waals surface area contributed by atoms with Gasteiger partial charge in [-0.05, 0) is 19.8 Å². The molecule has 0 aliphatic heterocycles. The van der Waals surface area contributed by atoms with Crippen LogP contribution < -0.4 is 5.32 Å². The Kier molecular flexibility index (Phi) is 11.2. The van der Waals surface area contributed by atoms with E-state index in [2.05, 4.69) is 12.2 Å². The van der Waals surface area contributed by atoms with E-state index in [-0.39, 0.29) is 6.10 Å². The van der Waals surface area contributed by atoms with E-state index in [0.717, 1.165) is 6.54 Å². The SMILES string of the molecule is COCCOCCOCCOC(C)CNC1CCCC1. The normalized spacial score (nSPS) is 17.7. The molecule has 20 heavy (non-hydrogen) atoms. The number of hydrogen-bond donors (Lipinski definition) is 1. The maximum absolute atomic E-state index is 5.70. The molecule has 1 N–H and O–H groups in total. The van der Waals surface area contributed by atoms with E-state index in [0.29, 0.717) is 45.7 Å². The second kappa shape index (κ2) is 12.5. The molecular formula is C15H31NO4. The lowest BCUT2D eigenvalue weighted by molar-refractivity contribution is -0.0120. The largest absolute Gasteiger partial charge is 0.382 e. The molecule has 0 saturated heterocycles. The number of ether oxygens (including phenoxy) is 4. The molecule has 0 radical (unpaired) electrons. The molecular weight excluding hydrogens is 258 g/mol. The first kappa shape index (κ1) is 17.9. The number of nitrogens with one attached hydrogen (secondary N) is 1. The molecule has 1 unspecified atom stereocenters. The molecule has 5 nitrogen and oxygen atoms in total. The molecule has 120 valence electrons. The first-order chi connectivity index (χ1) is 9.83. The third-order valence-corrected chi connectivity index (χ3v) is 3.48. The van der Waals surface area contributed by atoms with Gasteiger partial charge >= 0.3 is 0 Å². The quantitative estimate of drug-likeness (QED) is 0.522. The molecule has 0 aromatic rings. The summed E-state index contributed by atoms with van der Waals surface area (Å²) in [6, 6.07) is 0.710. The van der Waals surface area contributed by atoms with Gasteiger partial charge in [0.15, 0.2) is 0 Å². The van der Waals surface area contributed by atoms with Gasteiger partial charge in [-0.25, -0.2) is 0 Å². The standard InChI is InChI=1S/C15H31NO4/c1-14(13-16-15-5-3-4-6-15)20-12-11-19-10-9-18-8-7-17-2/h14-16H,3-13H2,1-2H3. The smallest absolute Gasteiger partial charge is 0.0704 e. The molecule has 1 aliphatic rings. The molecule has 0 aromatic heterocycles. The Morgan fingerprint density at radius 1 is 0.950 bits per heavy atom. The zero-order valence-corrected chi connectivity index (χ0v) is 13.1. The van der Waals surface area contributed by atoms with Gasteiger partial charge in [0.25, 0.3) is 0 Å². The Hall–Kier alpha value is -0.200. The number of methoxy groups -OCH3 is 1. The van der Waals surface area contributed by atoms with Gasteiger partial charge < -0.3 is 24.3 Å². The molecule has 1 aliphatic carbocycles. The number of hydrogen-bond acceptors (Lipinski definition) is 5. The summed E-state index contributed by atoms with van der Waals surface area (Å²) in [6.07, 6.45) is 5.62. The molecule has 1 saturated carbocycles. The first-order valence-corrected chi connectivity index (χ1v) is 7.82. The average Bonchev–Trinajstić information content (AvgIpc) is 2.96. The summed E-state index contributed by atoms with van der Waals surface area (Å²) in [7, 11) is 1.67. The van der Waals surface area contributed by atoms with E-state index in [1.165, 1.54) is 25.7 Å². The van der Waals surface area contributed by atoms with E-state index in [9.17, 15) is 0 Å². The highest BCUT2D eigenvalue weighted by atomic mass is 16.6. The van der Waals surface area contributed by atoms with Gasteiger partial charge in [-0.3, -0.25) is 0 Å². The topological polar surface area (TPSA) is 49.0 Å². The van der Waals surface area contributed by atoms with Gasteiger partial charge in [0, 0.05) is 19.7 Å². The second-order valence-corrected chi connectivity index (χ2v) is 5.29. The minimum atomic E-state index is 0.247. The van der Waals surface area contributed by atoms with Crippen LogP contribution in [0.15, 0.2) is 0 Å². The highest BCUT2D eigenvalue weighted by Gasteiger charge is 2.14. The van der Waals surface area contributed by atoms with Crippen LogP contribution in [0.1, 0.15) is 32.6 Å². The summed E-state index contributed by atoms with van der Waals surface area (Å²) in [5.41, 5.74) is 0. The Bertz CT molecular complexity index is 210. The predicted octanol–water partition coefficient (Wildman–Crippen LogP) is 1.60. The lowest BCUT2D eigenvalue weighted by atomic mass is 10.2. The van der Waals surface area contributed by atoms with Crippen molar-refractivity contribution in [2.24, 2.45) is 0 Å². The highest BCUT2D eigenvalue weighted by Crippen LogP contribution is 2.17. The molecule has 0 spiro atoms. The third-order valence-electron chi connectivity index (χ3n) is 3.48. The van der Waals surface area contributed by atoms with Gasteiger partial charge in [-0.2, -0.15) is 0 Å². The molecule has 5 heteroatoms. The Morgan fingerprint density at radius 3 is 2.20 bits per heavy atom. The van der Waals surface area contributed by atoms with Crippen LogP contribution in [0.2, 0.25) is 0 Å². The van der Waals surface area contributed by atoms with Gasteiger partial charge in [-0.15, -0.1) is 0 Å². The predicted molar refractivity (Wildman–Crippen MR) is 79.2 cm³/mol. The van der Waals surface area contributed by atoms with Crippen LogP contribution in [0.3, 0.4) is 0 Å². The van der Waals surface area contributed by atoms with Gasteiger partial charge in [0.1, 0.15) is 0 Å². The molecule has 1 fully saturated rings. The van der Waals surface area contributed by atoms with E-state index < -0.39 is 0 Å². The second-order valence-electron chi connectivity index (χ2n) is 5.29. The summed E-state index contributed by atoms with van der Waals surface area (Å²) >= 11 is 0. The Morgan fingerprint density at radius 2 is 1.55 bits per heavy atom. The molecule has 1 atom stereocenters. The Labute approximate surface area is 123 Å². The molecule has 0 bridgehead atoms. The van der Waals surface area contributed by atoms with E-state index >= 15 is 0 Å². The summed E-state index contributed by atoms with van der Waals surface area (Å²) in [5, 5.41) is 3.56. The highest BCUT2D eigenvalue weighted by molar-refractivity contribution is 4.74. The minimum Gasteiger partial charge on any atom is -0.382 e. The van der Waals surface area contributed by atoms with Gasteiger partial charge in [0.2, 0.25) is 0 Å². The zero-order chi connectivity index (χ0) is 14.5. The van der Waals surface area contributed by atoms with Crippen LogP contribution in [0, 0.1) is 0 Å². The lowest BCUT2D eigenvalue weighted by Crippen LogP contribution is -2.34. The molecule has 0 aromatic carbocycles. The summed E-state index contributed by atoms with van der Waals surface area (Å²) < 4.78 is 21.3. The maximum atomic E-state index is 5.70. The van der Waals surface area contributed by atoms with E-state index in [4.69, 9.17) is 18.9 Å². The van der Waals surface area contributed by atoms with Crippen molar-refractivity contribution in [1.82, 2.24) is 5.32 Å². The van der Waals surface area contributed by atoms with Crippen LogP contribution in [-0.2, 0) is 18.9 Å². The van der Waals surface area contributed by atoms with Crippen LogP contribution in [0.25, 0.3) is 0 Å². The van der Waals surface area contributed by atoms with Crippen LogP contribution >= 0.6 is 0 Å². The van der Waals surface area contributed by atoms with Gasteiger partial charge in [0.05, 0.1) is 45.7 Å². The third kappa shape index (κ3) is 9.66. The fourth-order valence-electron chi connectivity index (χ4n) is 2.29. The van der Waals surface area contributed by atoms with Crippen molar-refractivity contribution < 1.29 is 18.9 Å². The maximum Gasteiger partial charge on any atom is 0.0704 e. The van der Waals surface area contributed by atoms with E-state index in [1.54, 1.807) is 7.11 Å². The van der Waals surface area contributed by atoms with Crippen molar-refractivity contribution in [1.29, 1.82) is 0 Å². The molecule has 0 heterocycles. The summed E-state index contributed by atoms with van der Waals surface area (Å²) in [4.78, 5) is 0. The van der Waals surface area contributed by atoms with Crippen molar-refractivity contribution in [2.75, 3.05) is 53.3 Å². The van der Waals surface area contributed by atoms with Crippen LogP contribution in [-0.4, -0.2) is 65.4 Å². The van der Waals surface area contributed by atoms with Crippen molar-refractivity contribution >= 4 is 0 Å². The van der Waals surface area contributed by atoms with Crippen LogP contribution in [0.5, 0.6) is 0 Å². The first-order valence-electron chi connectivity index (χ1n) is 7.82. The summed E-state index contributed by atoms with van der Waals surface area (Å²) in [5.74, 6) is 0. The van der Waals surface area contributed by atoms with E-state index in [1.807, 2.05) is 0 Å².